The summed E-state index contributed by atoms with van der Waals surface area (Å²) in [6.07, 6.45) is 1.54. The van der Waals surface area contributed by atoms with Gasteiger partial charge in [0, 0.05) is 38.1 Å². The molecule has 0 aliphatic heterocycles. The maximum atomic E-state index is 11.8. The quantitative estimate of drug-likeness (QED) is 0.537. The number of aryl methyl sites for hydroxylation is 2. The minimum absolute atomic E-state index is 0.262. The normalized spacial score (nSPS) is 10.7. The van der Waals surface area contributed by atoms with Gasteiger partial charge in [-0.25, -0.2) is 4.98 Å². The first-order chi connectivity index (χ1) is 14.0. The van der Waals surface area contributed by atoms with Crippen LogP contribution in [0.5, 0.6) is 11.5 Å². The van der Waals surface area contributed by atoms with Gasteiger partial charge in [-0.05, 0) is 42.8 Å². The van der Waals surface area contributed by atoms with Gasteiger partial charge in [0.05, 0.1) is 11.0 Å². The molecule has 2 aromatic heterocycles. The van der Waals surface area contributed by atoms with Gasteiger partial charge >= 0.3 is 0 Å². The van der Waals surface area contributed by atoms with Gasteiger partial charge in [0.2, 0.25) is 5.95 Å². The van der Waals surface area contributed by atoms with E-state index in [4.69, 9.17) is 9.72 Å². The van der Waals surface area contributed by atoms with Crippen molar-refractivity contribution in [3.8, 4) is 11.5 Å². The number of pyridine rings is 1. The van der Waals surface area contributed by atoms with Gasteiger partial charge in [0.25, 0.3) is 5.91 Å². The lowest BCUT2D eigenvalue weighted by atomic mass is 10.2. The molecule has 4 aromatic rings. The van der Waals surface area contributed by atoms with Crippen LogP contribution in [0.25, 0.3) is 11.0 Å². The number of hydrogen-bond acceptors (Lipinski definition) is 5. The molecule has 1 amide bonds. The first-order valence-corrected chi connectivity index (χ1v) is 9.19. The highest BCUT2D eigenvalue weighted by Gasteiger charge is 2.11. The van der Waals surface area contributed by atoms with Gasteiger partial charge in [-0.2, -0.15) is 0 Å². The number of nitrogens with zero attached hydrogens (tertiary/aromatic N) is 3. The number of aromatic nitrogens is 3. The molecule has 0 saturated carbocycles. The maximum Gasteiger partial charge on any atom is 0.269 e. The molecule has 2 N–H and O–H groups in total. The second kappa shape index (κ2) is 7.63. The summed E-state index contributed by atoms with van der Waals surface area (Å²) in [5.41, 5.74) is 4.25. The van der Waals surface area contributed by atoms with Gasteiger partial charge in [0.15, 0.2) is 0 Å². The Morgan fingerprint density at radius 3 is 2.69 bits per heavy atom. The van der Waals surface area contributed by atoms with Gasteiger partial charge in [-0.15, -0.1) is 0 Å². The Hall–Kier alpha value is -3.87. The fourth-order valence-electron chi connectivity index (χ4n) is 3.07. The largest absolute Gasteiger partial charge is 0.457 e. The first-order valence-electron chi connectivity index (χ1n) is 9.19. The molecule has 0 atom stereocenters. The molecule has 0 radical (unpaired) electrons. The fraction of sp³-hybridized carbons (Fsp3) is 0.136. The number of anilines is 2. The first kappa shape index (κ1) is 18.5. The van der Waals surface area contributed by atoms with Crippen LogP contribution < -0.4 is 15.4 Å². The molecule has 2 aromatic carbocycles. The van der Waals surface area contributed by atoms with Gasteiger partial charge < -0.3 is 19.9 Å². The fourth-order valence-corrected chi connectivity index (χ4v) is 3.07. The van der Waals surface area contributed by atoms with Crippen LogP contribution in [0.2, 0.25) is 0 Å². The SMILES string of the molecule is CNC(=O)c1cc(Oc2ccc3c(c2)nc(Nc2cccc(C)c2)n3C)ccn1. The highest BCUT2D eigenvalue weighted by atomic mass is 16.5. The Kier molecular flexibility index (Phi) is 4.87. The van der Waals surface area contributed by atoms with Crippen LogP contribution in [0.3, 0.4) is 0 Å². The van der Waals surface area contributed by atoms with Gasteiger partial charge in [-0.1, -0.05) is 12.1 Å². The number of benzene rings is 2. The zero-order valence-corrected chi connectivity index (χ0v) is 16.4. The summed E-state index contributed by atoms with van der Waals surface area (Å²) in [5, 5.41) is 5.91. The number of hydrogen-bond donors (Lipinski definition) is 2. The average molecular weight is 387 g/mol. The van der Waals surface area contributed by atoms with Crippen LogP contribution in [0.15, 0.2) is 60.8 Å². The predicted molar refractivity (Wildman–Crippen MR) is 113 cm³/mol. The second-order valence-corrected chi connectivity index (χ2v) is 6.70. The van der Waals surface area contributed by atoms with Gasteiger partial charge in [-0.3, -0.25) is 9.78 Å². The number of ether oxygens (including phenoxy) is 1. The van der Waals surface area contributed by atoms with E-state index in [1.807, 2.05) is 41.9 Å². The molecule has 0 bridgehead atoms. The molecule has 7 nitrogen and oxygen atoms in total. The Balaban J connectivity index is 1.61. The summed E-state index contributed by atoms with van der Waals surface area (Å²) in [6.45, 7) is 2.05. The number of nitrogens with one attached hydrogen (secondary N) is 2. The highest BCUT2D eigenvalue weighted by Crippen LogP contribution is 2.28. The summed E-state index contributed by atoms with van der Waals surface area (Å²) >= 11 is 0. The molecule has 0 saturated heterocycles. The summed E-state index contributed by atoms with van der Waals surface area (Å²) < 4.78 is 7.91. The summed E-state index contributed by atoms with van der Waals surface area (Å²) in [5.74, 6) is 1.65. The van der Waals surface area contributed by atoms with Crippen LogP contribution in [0, 0.1) is 6.92 Å². The zero-order valence-electron chi connectivity index (χ0n) is 16.4. The smallest absolute Gasteiger partial charge is 0.269 e. The number of imidazole rings is 1. The number of carbonyl (C=O) groups excluding carboxylic acids is 1. The van der Waals surface area contributed by atoms with E-state index < -0.39 is 0 Å². The van der Waals surface area contributed by atoms with Crippen molar-refractivity contribution in [3.63, 3.8) is 0 Å². The Labute approximate surface area is 168 Å². The van der Waals surface area contributed by atoms with Crippen LogP contribution in [0.1, 0.15) is 16.1 Å². The molecule has 146 valence electrons. The molecular weight excluding hydrogens is 366 g/mol. The molecular formula is C22H21N5O2. The van der Waals surface area contributed by atoms with Crippen molar-refractivity contribution in [1.82, 2.24) is 19.9 Å². The van der Waals surface area contributed by atoms with Crippen molar-refractivity contribution in [2.75, 3.05) is 12.4 Å². The maximum absolute atomic E-state index is 11.8. The standard InChI is InChI=1S/C22H21N5O2/c1-14-5-4-6-15(11-14)25-22-26-18-12-16(7-8-20(18)27(22)3)29-17-9-10-24-19(13-17)21(28)23-2/h4-13H,1-3H3,(H,23,28)(H,25,26). The molecule has 7 heteroatoms. The van der Waals surface area contributed by atoms with E-state index in [0.29, 0.717) is 17.2 Å². The van der Waals surface area contributed by atoms with Crippen LogP contribution in [-0.2, 0) is 7.05 Å². The van der Waals surface area contributed by atoms with E-state index in [0.717, 1.165) is 22.7 Å². The topological polar surface area (TPSA) is 81.1 Å². The third-order valence-corrected chi connectivity index (χ3v) is 4.55. The monoisotopic (exact) mass is 387 g/mol. The highest BCUT2D eigenvalue weighted by molar-refractivity contribution is 5.92. The summed E-state index contributed by atoms with van der Waals surface area (Å²) in [4.78, 5) is 20.5. The summed E-state index contributed by atoms with van der Waals surface area (Å²) in [6, 6.07) is 17.2. The minimum atomic E-state index is -0.262. The lowest BCUT2D eigenvalue weighted by Crippen LogP contribution is -2.18. The molecule has 2 heterocycles. The predicted octanol–water partition coefficient (Wildman–Crippen LogP) is 4.17. The Morgan fingerprint density at radius 1 is 1.07 bits per heavy atom. The molecule has 0 unspecified atom stereocenters. The van der Waals surface area contributed by atoms with Crippen molar-refractivity contribution in [2.45, 2.75) is 6.92 Å². The van der Waals surface area contributed by atoms with Crippen molar-refractivity contribution >= 4 is 28.6 Å². The van der Waals surface area contributed by atoms with E-state index in [-0.39, 0.29) is 5.91 Å². The minimum Gasteiger partial charge on any atom is -0.457 e. The van der Waals surface area contributed by atoms with Crippen LogP contribution >= 0.6 is 0 Å². The third kappa shape index (κ3) is 3.89. The van der Waals surface area contributed by atoms with E-state index in [9.17, 15) is 4.79 Å². The second-order valence-electron chi connectivity index (χ2n) is 6.70. The molecule has 0 aliphatic carbocycles. The average Bonchev–Trinajstić information content (AvgIpc) is 3.02. The lowest BCUT2D eigenvalue weighted by molar-refractivity contribution is 0.0958. The van der Waals surface area contributed by atoms with Crippen LogP contribution in [0.4, 0.5) is 11.6 Å². The van der Waals surface area contributed by atoms with Crippen molar-refractivity contribution in [3.05, 3.63) is 72.1 Å². The summed E-state index contributed by atoms with van der Waals surface area (Å²) in [7, 11) is 3.53. The molecule has 0 spiro atoms. The number of carbonyl (C=O) groups is 1. The van der Waals surface area contributed by atoms with Gasteiger partial charge in [0.1, 0.15) is 17.2 Å². The molecule has 0 fully saturated rings. The van der Waals surface area contributed by atoms with E-state index in [2.05, 4.69) is 34.7 Å². The van der Waals surface area contributed by atoms with E-state index >= 15 is 0 Å². The van der Waals surface area contributed by atoms with E-state index in [1.165, 1.54) is 5.56 Å². The van der Waals surface area contributed by atoms with Crippen LogP contribution in [-0.4, -0.2) is 27.5 Å². The number of fused-ring (bicyclic) bond motifs is 1. The lowest BCUT2D eigenvalue weighted by Gasteiger charge is -2.07. The number of amides is 1. The Morgan fingerprint density at radius 2 is 1.90 bits per heavy atom. The molecule has 0 aliphatic rings. The Bertz CT molecular complexity index is 1200. The van der Waals surface area contributed by atoms with Crippen molar-refractivity contribution in [1.29, 1.82) is 0 Å². The van der Waals surface area contributed by atoms with Crippen molar-refractivity contribution < 1.29 is 9.53 Å². The molecule has 29 heavy (non-hydrogen) atoms. The van der Waals surface area contributed by atoms with Crippen molar-refractivity contribution in [2.24, 2.45) is 7.05 Å². The van der Waals surface area contributed by atoms with E-state index in [1.54, 1.807) is 25.4 Å². The number of rotatable bonds is 5. The third-order valence-electron chi connectivity index (χ3n) is 4.55. The molecule has 4 rings (SSSR count). The zero-order chi connectivity index (χ0) is 20.4.